The van der Waals surface area contributed by atoms with E-state index in [9.17, 15) is 4.79 Å². The Morgan fingerprint density at radius 1 is 1.47 bits per heavy atom. The topological polar surface area (TPSA) is 44.8 Å². The molecule has 0 N–H and O–H groups in total. The minimum atomic E-state index is -0.430. The van der Waals surface area contributed by atoms with Gasteiger partial charge < -0.3 is 14.2 Å². The second kappa shape index (κ2) is 4.91. The number of ether oxygens (including phenoxy) is 3. The molecule has 0 atom stereocenters. The highest BCUT2D eigenvalue weighted by atomic mass is 16.6. The van der Waals surface area contributed by atoms with Gasteiger partial charge in [-0.15, -0.1) is 0 Å². The lowest BCUT2D eigenvalue weighted by Gasteiger charge is -2.17. The van der Waals surface area contributed by atoms with Crippen LogP contribution in [0.5, 0.6) is 11.5 Å². The molecule has 17 heavy (non-hydrogen) atoms. The normalized spacial score (nSPS) is 13.2. The summed E-state index contributed by atoms with van der Waals surface area (Å²) in [6.07, 6.45) is 2.39. The number of rotatable bonds is 3. The van der Waals surface area contributed by atoms with E-state index in [4.69, 9.17) is 14.2 Å². The maximum atomic E-state index is 11.5. The molecule has 0 saturated carbocycles. The number of carbonyl (C=O) groups is 1. The van der Waals surface area contributed by atoms with Crippen molar-refractivity contribution in [3.8, 4) is 11.5 Å². The highest BCUT2D eigenvalue weighted by Crippen LogP contribution is 2.30. The molecular weight excluding hydrogens is 220 g/mol. The monoisotopic (exact) mass is 234 g/mol. The third kappa shape index (κ3) is 2.41. The molecule has 1 aliphatic heterocycles. The van der Waals surface area contributed by atoms with Crippen LogP contribution in [0, 0.1) is 0 Å². The van der Waals surface area contributed by atoms with Crippen molar-refractivity contribution in [1.82, 2.24) is 0 Å². The molecule has 1 heterocycles. The number of allylic oxidation sites excluding steroid dienone is 1. The Balaban J connectivity index is 2.19. The van der Waals surface area contributed by atoms with Gasteiger partial charge in [0.05, 0.1) is 13.7 Å². The van der Waals surface area contributed by atoms with Crippen molar-refractivity contribution in [2.75, 3.05) is 13.7 Å². The maximum absolute atomic E-state index is 11.5. The number of fused-ring (bicyclic) bond motifs is 1. The zero-order valence-electron chi connectivity index (χ0n) is 9.86. The van der Waals surface area contributed by atoms with Gasteiger partial charge in [0.25, 0.3) is 0 Å². The van der Waals surface area contributed by atoms with Gasteiger partial charge in [0.2, 0.25) is 5.76 Å². The molecule has 1 aliphatic rings. The molecule has 90 valence electrons. The number of hydrogen-bond acceptors (Lipinski definition) is 4. The minimum absolute atomic E-state index is 0.243. The quantitative estimate of drug-likeness (QED) is 0.751. The lowest BCUT2D eigenvalue weighted by atomic mass is 10.1. The van der Waals surface area contributed by atoms with Gasteiger partial charge in [0, 0.05) is 6.07 Å². The number of benzene rings is 1. The third-order valence-electron chi connectivity index (χ3n) is 2.48. The van der Waals surface area contributed by atoms with E-state index < -0.39 is 5.97 Å². The second-order valence-electron chi connectivity index (χ2n) is 3.57. The van der Waals surface area contributed by atoms with E-state index in [0.29, 0.717) is 24.5 Å². The van der Waals surface area contributed by atoms with E-state index >= 15 is 0 Å². The first kappa shape index (κ1) is 11.5. The van der Waals surface area contributed by atoms with Gasteiger partial charge >= 0.3 is 5.97 Å². The van der Waals surface area contributed by atoms with Crippen LogP contribution in [-0.4, -0.2) is 19.7 Å². The standard InChI is InChI=1S/C13H14O4/c1-3-16-13(14)11-7-5-9-4-6-10(15-2)8-12(9)17-11/h4,6-8H,3,5H2,1-2H3. The maximum Gasteiger partial charge on any atom is 0.373 e. The molecule has 4 nitrogen and oxygen atoms in total. The SMILES string of the molecule is CCOC(=O)C1=CCc2ccc(OC)cc2O1. The van der Waals surface area contributed by atoms with Crippen LogP contribution in [0.1, 0.15) is 12.5 Å². The average Bonchev–Trinajstić information content (AvgIpc) is 2.37. The fourth-order valence-corrected chi connectivity index (χ4v) is 1.62. The van der Waals surface area contributed by atoms with Gasteiger partial charge in [-0.2, -0.15) is 0 Å². The van der Waals surface area contributed by atoms with E-state index in [-0.39, 0.29) is 5.76 Å². The molecular formula is C13H14O4. The number of esters is 1. The van der Waals surface area contributed by atoms with E-state index in [0.717, 1.165) is 5.56 Å². The summed E-state index contributed by atoms with van der Waals surface area (Å²) in [5, 5.41) is 0. The Hall–Kier alpha value is -1.97. The molecule has 0 fully saturated rings. The lowest BCUT2D eigenvalue weighted by molar-refractivity contribution is -0.141. The third-order valence-corrected chi connectivity index (χ3v) is 2.48. The van der Waals surface area contributed by atoms with Crippen LogP contribution in [0.3, 0.4) is 0 Å². The smallest absolute Gasteiger partial charge is 0.373 e. The van der Waals surface area contributed by atoms with Crippen LogP contribution in [0.25, 0.3) is 0 Å². The van der Waals surface area contributed by atoms with Gasteiger partial charge in [0.1, 0.15) is 11.5 Å². The van der Waals surface area contributed by atoms with E-state index in [1.165, 1.54) is 0 Å². The van der Waals surface area contributed by atoms with Crippen molar-refractivity contribution in [2.24, 2.45) is 0 Å². The predicted octanol–water partition coefficient (Wildman–Crippen LogP) is 2.08. The summed E-state index contributed by atoms with van der Waals surface area (Å²) in [6, 6.07) is 5.56. The van der Waals surface area contributed by atoms with Crippen LogP contribution in [0.4, 0.5) is 0 Å². The fraction of sp³-hybridized carbons (Fsp3) is 0.308. The Labute approximate surface area is 99.8 Å². The summed E-state index contributed by atoms with van der Waals surface area (Å²) in [5.41, 5.74) is 1.03. The number of carbonyl (C=O) groups excluding carboxylic acids is 1. The van der Waals surface area contributed by atoms with Crippen LogP contribution < -0.4 is 9.47 Å². The molecule has 0 aromatic heterocycles. The zero-order valence-corrected chi connectivity index (χ0v) is 9.86. The molecule has 2 rings (SSSR count). The first-order valence-corrected chi connectivity index (χ1v) is 5.46. The Morgan fingerprint density at radius 3 is 3.00 bits per heavy atom. The lowest BCUT2D eigenvalue weighted by Crippen LogP contribution is -2.16. The Kier molecular flexibility index (Phi) is 3.32. The van der Waals surface area contributed by atoms with Crippen LogP contribution in [-0.2, 0) is 16.0 Å². The van der Waals surface area contributed by atoms with Crippen molar-refractivity contribution in [3.63, 3.8) is 0 Å². The molecule has 1 aromatic carbocycles. The summed E-state index contributed by atoms with van der Waals surface area (Å²) >= 11 is 0. The highest BCUT2D eigenvalue weighted by molar-refractivity contribution is 5.87. The number of methoxy groups -OCH3 is 1. The molecule has 0 aliphatic carbocycles. The first-order valence-electron chi connectivity index (χ1n) is 5.46. The summed E-state index contributed by atoms with van der Waals surface area (Å²) < 4.78 is 15.5. The van der Waals surface area contributed by atoms with Crippen LogP contribution in [0.15, 0.2) is 30.0 Å². The molecule has 1 aromatic rings. The van der Waals surface area contributed by atoms with Crippen LogP contribution >= 0.6 is 0 Å². The number of hydrogen-bond donors (Lipinski definition) is 0. The molecule has 0 unspecified atom stereocenters. The van der Waals surface area contributed by atoms with E-state index in [1.54, 1.807) is 26.2 Å². The molecule has 0 radical (unpaired) electrons. The predicted molar refractivity (Wildman–Crippen MR) is 62.0 cm³/mol. The Bertz CT molecular complexity index is 462. The van der Waals surface area contributed by atoms with Crippen molar-refractivity contribution < 1.29 is 19.0 Å². The largest absolute Gasteiger partial charge is 0.497 e. The van der Waals surface area contributed by atoms with Gasteiger partial charge in [-0.3, -0.25) is 0 Å². The van der Waals surface area contributed by atoms with Crippen molar-refractivity contribution in [1.29, 1.82) is 0 Å². The van der Waals surface area contributed by atoms with Crippen molar-refractivity contribution in [3.05, 3.63) is 35.6 Å². The molecule has 0 bridgehead atoms. The molecule has 0 saturated heterocycles. The highest BCUT2D eigenvalue weighted by Gasteiger charge is 2.19. The van der Waals surface area contributed by atoms with Gasteiger partial charge in [-0.1, -0.05) is 6.07 Å². The van der Waals surface area contributed by atoms with E-state index in [1.807, 2.05) is 12.1 Å². The van der Waals surface area contributed by atoms with Gasteiger partial charge in [-0.05, 0) is 31.1 Å². The van der Waals surface area contributed by atoms with Gasteiger partial charge in [0.15, 0.2) is 0 Å². The summed E-state index contributed by atoms with van der Waals surface area (Å²) in [4.78, 5) is 11.5. The fourth-order valence-electron chi connectivity index (χ4n) is 1.62. The molecule has 4 heteroatoms. The molecule has 0 amide bonds. The van der Waals surface area contributed by atoms with Crippen LogP contribution in [0.2, 0.25) is 0 Å². The van der Waals surface area contributed by atoms with Crippen molar-refractivity contribution in [2.45, 2.75) is 13.3 Å². The van der Waals surface area contributed by atoms with Gasteiger partial charge in [-0.25, -0.2) is 4.79 Å². The summed E-state index contributed by atoms with van der Waals surface area (Å²) in [6.45, 7) is 2.10. The Morgan fingerprint density at radius 2 is 2.29 bits per heavy atom. The molecule has 0 spiro atoms. The van der Waals surface area contributed by atoms with E-state index in [2.05, 4.69) is 0 Å². The average molecular weight is 234 g/mol. The summed E-state index contributed by atoms with van der Waals surface area (Å²) in [5.74, 6) is 1.16. The first-order chi connectivity index (χ1) is 8.24. The summed E-state index contributed by atoms with van der Waals surface area (Å²) in [7, 11) is 1.59. The van der Waals surface area contributed by atoms with Crippen molar-refractivity contribution >= 4 is 5.97 Å². The second-order valence-corrected chi connectivity index (χ2v) is 3.57. The zero-order chi connectivity index (χ0) is 12.3. The minimum Gasteiger partial charge on any atom is -0.497 e.